The summed E-state index contributed by atoms with van der Waals surface area (Å²) in [5, 5.41) is 0. The molecule has 17 heavy (non-hydrogen) atoms. The molecule has 0 atom stereocenters. The smallest absolute Gasteiger partial charge is 0.185 e. The van der Waals surface area contributed by atoms with Crippen molar-refractivity contribution in [3.8, 4) is 11.4 Å². The first-order valence-electron chi connectivity index (χ1n) is 5.65. The third-order valence-electron chi connectivity index (χ3n) is 2.89. The molecule has 2 aromatic rings. The van der Waals surface area contributed by atoms with Crippen LogP contribution in [-0.4, -0.2) is 22.8 Å². The minimum Gasteiger partial charge on any atom is -0.349 e. The fourth-order valence-electron chi connectivity index (χ4n) is 1.97. The molecule has 0 unspecified atom stereocenters. The van der Waals surface area contributed by atoms with Gasteiger partial charge in [-0.15, -0.1) is 0 Å². The van der Waals surface area contributed by atoms with Crippen LogP contribution in [-0.2, 0) is 16.5 Å². The topological polar surface area (TPSA) is 36.3 Å². The molecule has 0 radical (unpaired) electrons. The molecule has 0 spiro atoms. The van der Waals surface area contributed by atoms with Gasteiger partial charge < -0.3 is 14.0 Å². The zero-order chi connectivity index (χ0) is 11.7. The maximum Gasteiger partial charge on any atom is 0.185 e. The molecule has 0 aliphatic carbocycles. The van der Waals surface area contributed by atoms with Gasteiger partial charge in [-0.1, -0.05) is 6.07 Å². The van der Waals surface area contributed by atoms with E-state index in [0.29, 0.717) is 13.2 Å². The molecular weight excluding hydrogens is 216 g/mol. The highest BCUT2D eigenvalue weighted by molar-refractivity contribution is 5.55. The molecule has 1 aliphatic heterocycles. The molecule has 4 heteroatoms. The lowest BCUT2D eigenvalue weighted by Crippen LogP contribution is -1.99. The van der Waals surface area contributed by atoms with Crippen molar-refractivity contribution < 1.29 is 9.47 Å². The summed E-state index contributed by atoms with van der Waals surface area (Å²) in [6, 6.07) is 8.06. The number of pyridine rings is 1. The summed E-state index contributed by atoms with van der Waals surface area (Å²) in [6.07, 6.45) is 3.58. The molecule has 0 aromatic carbocycles. The van der Waals surface area contributed by atoms with E-state index in [2.05, 4.69) is 4.98 Å². The number of rotatable bonds is 2. The van der Waals surface area contributed by atoms with E-state index < -0.39 is 0 Å². The lowest BCUT2D eigenvalue weighted by atomic mass is 10.2. The Labute approximate surface area is 99.8 Å². The first kappa shape index (κ1) is 10.5. The van der Waals surface area contributed by atoms with Crippen molar-refractivity contribution in [3.63, 3.8) is 0 Å². The monoisotopic (exact) mass is 230 g/mol. The molecule has 0 bridgehead atoms. The summed E-state index contributed by atoms with van der Waals surface area (Å²) in [5.41, 5.74) is 3.03. The minimum absolute atomic E-state index is 0.245. The van der Waals surface area contributed by atoms with Crippen LogP contribution in [0.5, 0.6) is 0 Å². The summed E-state index contributed by atoms with van der Waals surface area (Å²) in [7, 11) is 2.01. The third-order valence-corrected chi connectivity index (χ3v) is 2.89. The lowest BCUT2D eigenvalue weighted by molar-refractivity contribution is -0.0443. The second-order valence-corrected chi connectivity index (χ2v) is 4.05. The molecule has 1 fully saturated rings. The van der Waals surface area contributed by atoms with E-state index in [9.17, 15) is 0 Å². The van der Waals surface area contributed by atoms with Gasteiger partial charge in [0, 0.05) is 25.0 Å². The van der Waals surface area contributed by atoms with Crippen molar-refractivity contribution >= 4 is 0 Å². The van der Waals surface area contributed by atoms with Gasteiger partial charge in [0.2, 0.25) is 0 Å². The lowest BCUT2D eigenvalue weighted by Gasteiger charge is -2.09. The quantitative estimate of drug-likeness (QED) is 0.793. The zero-order valence-electron chi connectivity index (χ0n) is 9.67. The number of nitrogens with zero attached hydrogens (tertiary/aromatic N) is 2. The molecule has 4 nitrogen and oxygen atoms in total. The normalized spacial score (nSPS) is 16.5. The van der Waals surface area contributed by atoms with Crippen molar-refractivity contribution in [2.75, 3.05) is 13.2 Å². The van der Waals surface area contributed by atoms with Gasteiger partial charge in [0.05, 0.1) is 24.6 Å². The van der Waals surface area contributed by atoms with Crippen molar-refractivity contribution in [2.45, 2.75) is 6.29 Å². The first-order chi connectivity index (χ1) is 8.34. The highest BCUT2D eigenvalue weighted by Crippen LogP contribution is 2.24. The zero-order valence-corrected chi connectivity index (χ0v) is 9.67. The van der Waals surface area contributed by atoms with Crippen LogP contribution in [0.25, 0.3) is 11.4 Å². The minimum atomic E-state index is -0.245. The Morgan fingerprint density at radius 2 is 2.06 bits per heavy atom. The van der Waals surface area contributed by atoms with E-state index in [4.69, 9.17) is 9.47 Å². The van der Waals surface area contributed by atoms with E-state index in [-0.39, 0.29) is 6.29 Å². The molecule has 0 amide bonds. The Morgan fingerprint density at radius 1 is 1.24 bits per heavy atom. The van der Waals surface area contributed by atoms with Crippen molar-refractivity contribution in [3.05, 3.63) is 42.2 Å². The Hall–Kier alpha value is -1.65. The summed E-state index contributed by atoms with van der Waals surface area (Å²) in [4.78, 5) is 4.45. The Bertz CT molecular complexity index is 498. The second kappa shape index (κ2) is 4.31. The van der Waals surface area contributed by atoms with E-state index >= 15 is 0 Å². The number of aromatic nitrogens is 2. The SMILES string of the molecule is Cn1cccc1-c1ccc(C2OCCO2)cn1. The highest BCUT2D eigenvalue weighted by Gasteiger charge is 2.18. The van der Waals surface area contributed by atoms with Crippen LogP contribution >= 0.6 is 0 Å². The number of ether oxygens (including phenoxy) is 2. The Morgan fingerprint density at radius 3 is 2.65 bits per heavy atom. The molecule has 88 valence electrons. The summed E-state index contributed by atoms with van der Waals surface area (Å²) in [5.74, 6) is 0. The van der Waals surface area contributed by atoms with Gasteiger partial charge in [-0.05, 0) is 18.2 Å². The molecule has 1 aliphatic rings. The fourth-order valence-corrected chi connectivity index (χ4v) is 1.97. The first-order valence-corrected chi connectivity index (χ1v) is 5.65. The van der Waals surface area contributed by atoms with Crippen LogP contribution in [0.1, 0.15) is 11.9 Å². The van der Waals surface area contributed by atoms with Crippen LogP contribution in [0.2, 0.25) is 0 Å². The summed E-state index contributed by atoms with van der Waals surface area (Å²) >= 11 is 0. The van der Waals surface area contributed by atoms with Crippen LogP contribution < -0.4 is 0 Å². The van der Waals surface area contributed by atoms with Crippen LogP contribution in [0.15, 0.2) is 36.7 Å². The molecule has 0 saturated carbocycles. The molecule has 0 N–H and O–H groups in total. The van der Waals surface area contributed by atoms with Gasteiger partial charge in [0.15, 0.2) is 6.29 Å². The number of hydrogen-bond donors (Lipinski definition) is 0. The van der Waals surface area contributed by atoms with Gasteiger partial charge >= 0.3 is 0 Å². The molecule has 3 heterocycles. The second-order valence-electron chi connectivity index (χ2n) is 4.05. The predicted molar refractivity (Wildman–Crippen MR) is 63.3 cm³/mol. The van der Waals surface area contributed by atoms with Crippen LogP contribution in [0.3, 0.4) is 0 Å². The third kappa shape index (κ3) is 1.97. The average molecular weight is 230 g/mol. The van der Waals surface area contributed by atoms with Crippen LogP contribution in [0, 0.1) is 0 Å². The van der Waals surface area contributed by atoms with Crippen molar-refractivity contribution in [1.82, 2.24) is 9.55 Å². The van der Waals surface area contributed by atoms with Gasteiger partial charge in [-0.25, -0.2) is 0 Å². The number of aryl methyl sites for hydroxylation is 1. The molecule has 2 aromatic heterocycles. The standard InChI is InChI=1S/C13H14N2O2/c1-15-6-2-3-12(15)11-5-4-10(9-14-11)13-16-7-8-17-13/h2-6,9,13H,7-8H2,1H3. The van der Waals surface area contributed by atoms with Crippen molar-refractivity contribution in [2.24, 2.45) is 7.05 Å². The van der Waals surface area contributed by atoms with Gasteiger partial charge in [-0.3, -0.25) is 4.98 Å². The van der Waals surface area contributed by atoms with Gasteiger partial charge in [0.25, 0.3) is 0 Å². The molecule has 1 saturated heterocycles. The summed E-state index contributed by atoms with van der Waals surface area (Å²) in [6.45, 7) is 1.31. The Balaban J connectivity index is 1.87. The van der Waals surface area contributed by atoms with E-state index in [1.54, 1.807) is 0 Å². The molecule has 3 rings (SSSR count). The average Bonchev–Trinajstić information content (AvgIpc) is 3.00. The van der Waals surface area contributed by atoms with Crippen molar-refractivity contribution in [1.29, 1.82) is 0 Å². The highest BCUT2D eigenvalue weighted by atomic mass is 16.7. The largest absolute Gasteiger partial charge is 0.349 e. The number of hydrogen-bond acceptors (Lipinski definition) is 3. The van der Waals surface area contributed by atoms with E-state index in [1.165, 1.54) is 0 Å². The maximum absolute atomic E-state index is 5.43. The van der Waals surface area contributed by atoms with E-state index in [0.717, 1.165) is 17.0 Å². The molecular formula is C13H14N2O2. The van der Waals surface area contributed by atoms with Gasteiger partial charge in [-0.2, -0.15) is 0 Å². The van der Waals surface area contributed by atoms with E-state index in [1.807, 2.05) is 48.3 Å². The Kier molecular flexibility index (Phi) is 2.66. The maximum atomic E-state index is 5.43. The van der Waals surface area contributed by atoms with Crippen LogP contribution in [0.4, 0.5) is 0 Å². The fraction of sp³-hybridized carbons (Fsp3) is 0.308. The predicted octanol–water partition coefficient (Wildman–Crippen LogP) is 2.13. The summed E-state index contributed by atoms with van der Waals surface area (Å²) < 4.78 is 12.9. The van der Waals surface area contributed by atoms with Gasteiger partial charge in [0.1, 0.15) is 0 Å².